The largest absolute Gasteiger partial charge is 0.510 e. The third-order valence-electron chi connectivity index (χ3n) is 4.58. The molecule has 2 aromatic carbocycles. The van der Waals surface area contributed by atoms with E-state index < -0.39 is 40.4 Å². The summed E-state index contributed by atoms with van der Waals surface area (Å²) in [5.41, 5.74) is -3.04. The summed E-state index contributed by atoms with van der Waals surface area (Å²) in [7, 11) is 1.29. The summed E-state index contributed by atoms with van der Waals surface area (Å²) in [6.45, 7) is 1.12. The minimum Gasteiger partial charge on any atom is -0.510 e. The number of H-pyrrole nitrogens is 2. The number of carboxylic acids is 2. The van der Waals surface area contributed by atoms with Crippen molar-refractivity contribution in [1.29, 1.82) is 0 Å². The number of rotatable bonds is 7. The lowest BCUT2D eigenvalue weighted by atomic mass is 10.1. The first-order valence-electron chi connectivity index (χ1n) is 9.59. The van der Waals surface area contributed by atoms with Gasteiger partial charge in [0.25, 0.3) is 5.91 Å². The van der Waals surface area contributed by atoms with Crippen molar-refractivity contribution in [2.75, 3.05) is 12.4 Å². The number of amides is 1. The number of carbonyl (C=O) groups excluding carboxylic acids is 1. The summed E-state index contributed by atoms with van der Waals surface area (Å²) < 4.78 is 5.19. The van der Waals surface area contributed by atoms with Gasteiger partial charge in [0.1, 0.15) is 17.2 Å². The molecule has 3 aromatic rings. The molecule has 0 saturated heterocycles. The van der Waals surface area contributed by atoms with Crippen LogP contribution in [0, 0.1) is 0 Å². The minimum atomic E-state index is -1.42. The number of anilines is 1. The number of aliphatic hydroxyl groups is 1. The Balaban J connectivity index is 2.00. The minimum absolute atomic E-state index is 0.0285. The van der Waals surface area contributed by atoms with E-state index in [0.717, 1.165) is 25.1 Å². The molecule has 14 heteroatoms. The average Bonchev–Trinajstić information content (AvgIpc) is 2.79. The van der Waals surface area contributed by atoms with E-state index in [1.54, 1.807) is 0 Å². The number of aromatic nitrogens is 2. The number of aliphatic hydroxyl groups excluding tert-OH is 1. The number of aromatic carboxylic acids is 2. The molecular weight excluding hydrogens is 466 g/mol. The Labute approximate surface area is 194 Å². The molecule has 0 fully saturated rings. The van der Waals surface area contributed by atoms with E-state index in [2.05, 4.69) is 25.5 Å². The number of hydrogen-bond acceptors (Lipinski definition) is 9. The van der Waals surface area contributed by atoms with Crippen LogP contribution in [-0.4, -0.2) is 50.2 Å². The standard InChI is InChI=1S/C21H17N5O9/c1-8(27)16(26-25-11-5-9(20(31)32)3-4-10(11)21(33)34)17(28)24-14-6-12-13(7-15(14)35-2)23-19(30)18(29)22-12/h3-7,27H,1-2H3,(H,22,29)(H,23,30)(H,24,28)(H,31,32)(H,33,34)/b16-8+,26-25?. The molecule has 0 unspecified atom stereocenters. The fourth-order valence-electron chi connectivity index (χ4n) is 2.91. The van der Waals surface area contributed by atoms with Crippen molar-refractivity contribution in [2.45, 2.75) is 6.92 Å². The second kappa shape index (κ2) is 9.70. The first-order chi connectivity index (χ1) is 16.5. The van der Waals surface area contributed by atoms with E-state index in [1.807, 2.05) is 0 Å². The molecule has 14 nitrogen and oxygen atoms in total. The fourth-order valence-corrected chi connectivity index (χ4v) is 2.91. The molecule has 0 bridgehead atoms. The lowest BCUT2D eigenvalue weighted by Crippen LogP contribution is -2.29. The topological polar surface area (TPSA) is 224 Å². The number of hydrogen-bond donors (Lipinski definition) is 6. The molecule has 0 saturated carbocycles. The maximum Gasteiger partial charge on any atom is 0.337 e. The van der Waals surface area contributed by atoms with Crippen LogP contribution >= 0.6 is 0 Å². The van der Waals surface area contributed by atoms with E-state index >= 15 is 0 Å². The average molecular weight is 483 g/mol. The second-order valence-electron chi connectivity index (χ2n) is 6.94. The molecule has 1 amide bonds. The Hall–Kier alpha value is -5.27. The van der Waals surface area contributed by atoms with Gasteiger partial charge >= 0.3 is 23.1 Å². The van der Waals surface area contributed by atoms with E-state index in [1.165, 1.54) is 19.2 Å². The Bertz CT molecular complexity index is 1550. The maximum atomic E-state index is 12.8. The first-order valence-corrected chi connectivity index (χ1v) is 9.59. The van der Waals surface area contributed by atoms with E-state index in [-0.39, 0.29) is 39.3 Å². The predicted molar refractivity (Wildman–Crippen MR) is 121 cm³/mol. The van der Waals surface area contributed by atoms with Gasteiger partial charge in [0, 0.05) is 6.07 Å². The van der Waals surface area contributed by atoms with Crippen molar-refractivity contribution in [3.8, 4) is 5.75 Å². The number of carbonyl (C=O) groups is 3. The number of azo groups is 1. The maximum absolute atomic E-state index is 12.8. The normalized spacial score (nSPS) is 11.8. The number of carboxylic acid groups (broad SMARTS) is 2. The van der Waals surface area contributed by atoms with Crippen LogP contribution in [0.4, 0.5) is 11.4 Å². The highest BCUT2D eigenvalue weighted by molar-refractivity contribution is 6.05. The number of methoxy groups -OCH3 is 1. The predicted octanol–water partition coefficient (Wildman–Crippen LogP) is 2.13. The third kappa shape index (κ3) is 5.22. The van der Waals surface area contributed by atoms with E-state index in [9.17, 15) is 34.2 Å². The summed E-state index contributed by atoms with van der Waals surface area (Å²) in [4.78, 5) is 63.3. The SMILES string of the molecule is COc1cc2[nH]c(=O)c(=O)[nH]c2cc1NC(=O)/C(N=Nc1cc(C(=O)O)ccc1C(=O)O)=C(/C)O. The smallest absolute Gasteiger partial charge is 0.337 e. The molecule has 6 N–H and O–H groups in total. The number of ether oxygens (including phenoxy) is 1. The quantitative estimate of drug-likeness (QED) is 0.125. The monoisotopic (exact) mass is 483 g/mol. The zero-order chi connectivity index (χ0) is 25.9. The Morgan fingerprint density at radius 2 is 1.57 bits per heavy atom. The van der Waals surface area contributed by atoms with Crippen LogP contribution in [0.2, 0.25) is 0 Å². The van der Waals surface area contributed by atoms with E-state index in [0.29, 0.717) is 0 Å². The molecule has 0 radical (unpaired) electrons. The van der Waals surface area contributed by atoms with Crippen LogP contribution in [0.3, 0.4) is 0 Å². The summed E-state index contributed by atoms with van der Waals surface area (Å²) in [5, 5.41) is 38.1. The van der Waals surface area contributed by atoms with Crippen molar-refractivity contribution in [1.82, 2.24) is 9.97 Å². The number of allylic oxidation sites excluding steroid dienone is 1. The van der Waals surface area contributed by atoms with Crippen molar-refractivity contribution >= 4 is 40.3 Å². The zero-order valence-corrected chi connectivity index (χ0v) is 18.1. The van der Waals surface area contributed by atoms with Gasteiger partial charge in [0.05, 0.1) is 35.0 Å². The fraction of sp³-hybridized carbons (Fsp3) is 0.0952. The highest BCUT2D eigenvalue weighted by Gasteiger charge is 2.18. The molecule has 1 heterocycles. The van der Waals surface area contributed by atoms with Crippen molar-refractivity contribution in [3.05, 3.63) is 73.6 Å². The van der Waals surface area contributed by atoms with Gasteiger partial charge in [-0.25, -0.2) is 9.59 Å². The first kappa shape index (κ1) is 24.4. The van der Waals surface area contributed by atoms with Crippen LogP contribution in [-0.2, 0) is 4.79 Å². The molecule has 0 aliphatic heterocycles. The van der Waals surface area contributed by atoms with Gasteiger partial charge in [-0.2, -0.15) is 0 Å². The van der Waals surface area contributed by atoms with Crippen LogP contribution in [0.5, 0.6) is 5.75 Å². The molecule has 3 rings (SSSR count). The third-order valence-corrected chi connectivity index (χ3v) is 4.58. The second-order valence-corrected chi connectivity index (χ2v) is 6.94. The highest BCUT2D eigenvalue weighted by atomic mass is 16.5. The van der Waals surface area contributed by atoms with Crippen LogP contribution in [0.1, 0.15) is 27.6 Å². The Morgan fingerprint density at radius 1 is 0.943 bits per heavy atom. The summed E-state index contributed by atoms with van der Waals surface area (Å²) in [6.07, 6.45) is 0. The number of nitrogens with zero attached hydrogens (tertiary/aromatic N) is 2. The lowest BCUT2D eigenvalue weighted by Gasteiger charge is -2.12. The van der Waals surface area contributed by atoms with Gasteiger partial charge in [-0.05, 0) is 31.2 Å². The van der Waals surface area contributed by atoms with Gasteiger partial charge < -0.3 is 35.3 Å². The summed E-state index contributed by atoms with van der Waals surface area (Å²) in [6, 6.07) is 5.66. The zero-order valence-electron chi connectivity index (χ0n) is 18.1. The van der Waals surface area contributed by atoms with Crippen molar-refractivity contribution < 1.29 is 34.4 Å². The molecule has 0 spiro atoms. The van der Waals surface area contributed by atoms with Crippen molar-refractivity contribution in [3.63, 3.8) is 0 Å². The molecule has 1 aromatic heterocycles. The van der Waals surface area contributed by atoms with Gasteiger partial charge in [0.2, 0.25) is 0 Å². The molecule has 35 heavy (non-hydrogen) atoms. The van der Waals surface area contributed by atoms with Gasteiger partial charge in [-0.3, -0.25) is 14.4 Å². The number of aromatic amines is 2. The van der Waals surface area contributed by atoms with Crippen molar-refractivity contribution in [2.24, 2.45) is 10.2 Å². The molecule has 0 atom stereocenters. The summed E-state index contributed by atoms with van der Waals surface area (Å²) >= 11 is 0. The molecule has 0 aliphatic rings. The molecule has 0 aliphatic carbocycles. The van der Waals surface area contributed by atoms with Crippen LogP contribution in [0.15, 0.2) is 61.6 Å². The van der Waals surface area contributed by atoms with Crippen LogP contribution in [0.25, 0.3) is 11.0 Å². The number of fused-ring (bicyclic) bond motifs is 1. The molecule has 180 valence electrons. The highest BCUT2D eigenvalue weighted by Crippen LogP contribution is 2.29. The lowest BCUT2D eigenvalue weighted by molar-refractivity contribution is -0.113. The number of benzene rings is 2. The number of nitrogens with one attached hydrogen (secondary N) is 3. The van der Waals surface area contributed by atoms with Gasteiger partial charge in [-0.15, -0.1) is 10.2 Å². The van der Waals surface area contributed by atoms with Gasteiger partial charge in [-0.1, -0.05) is 0 Å². The molecular formula is C21H17N5O9. The Morgan fingerprint density at radius 3 is 2.11 bits per heavy atom. The van der Waals surface area contributed by atoms with E-state index in [4.69, 9.17) is 9.84 Å². The summed E-state index contributed by atoms with van der Waals surface area (Å²) in [5.74, 6) is -4.25. The Kier molecular flexibility index (Phi) is 6.75. The van der Waals surface area contributed by atoms with Crippen LogP contribution < -0.4 is 21.2 Å². The van der Waals surface area contributed by atoms with Gasteiger partial charge in [0.15, 0.2) is 5.70 Å².